The Hall–Kier alpha value is -3.80. The molecule has 2 atom stereocenters. The van der Waals surface area contributed by atoms with Crippen LogP contribution in [0, 0.1) is 5.82 Å². The van der Waals surface area contributed by atoms with Gasteiger partial charge in [0.2, 0.25) is 0 Å². The lowest BCUT2D eigenvalue weighted by atomic mass is 9.78. The zero-order valence-electron chi connectivity index (χ0n) is 20.1. The maximum atomic E-state index is 13.7. The molecule has 0 bridgehead atoms. The monoisotopic (exact) mass is 472 g/mol. The normalized spacial score (nSPS) is 19.3. The van der Waals surface area contributed by atoms with E-state index in [2.05, 4.69) is 10.6 Å². The van der Waals surface area contributed by atoms with Crippen molar-refractivity contribution in [2.45, 2.75) is 44.8 Å². The summed E-state index contributed by atoms with van der Waals surface area (Å²) < 4.78 is 25.1. The lowest BCUT2D eigenvalue weighted by Crippen LogP contribution is -2.26. The van der Waals surface area contributed by atoms with E-state index in [1.807, 2.05) is 56.3 Å². The molecule has 0 fully saturated rings. The van der Waals surface area contributed by atoms with Crippen LogP contribution in [0.1, 0.15) is 49.8 Å². The molecule has 0 spiro atoms. The van der Waals surface area contributed by atoms with Crippen LogP contribution in [-0.2, 0) is 4.79 Å². The number of carbonyl (C=O) groups is 1. The molecule has 6 heteroatoms. The van der Waals surface area contributed by atoms with Crippen LogP contribution in [0.4, 0.5) is 15.8 Å². The minimum atomic E-state index is -0.369. The van der Waals surface area contributed by atoms with Gasteiger partial charge in [0.1, 0.15) is 5.82 Å². The van der Waals surface area contributed by atoms with Gasteiger partial charge in [0.15, 0.2) is 17.3 Å². The minimum absolute atomic E-state index is 0.00474. The first-order valence-electron chi connectivity index (χ1n) is 11.9. The summed E-state index contributed by atoms with van der Waals surface area (Å²) in [4.78, 5) is 13.7. The van der Waals surface area contributed by atoms with E-state index >= 15 is 0 Å². The van der Waals surface area contributed by atoms with Gasteiger partial charge >= 0.3 is 0 Å². The van der Waals surface area contributed by atoms with E-state index in [9.17, 15) is 9.18 Å². The second-order valence-electron chi connectivity index (χ2n) is 9.30. The highest BCUT2D eigenvalue weighted by atomic mass is 19.1. The molecule has 0 saturated carbocycles. The Morgan fingerprint density at radius 2 is 1.63 bits per heavy atom. The summed E-state index contributed by atoms with van der Waals surface area (Å²) in [7, 11) is 1.63. The van der Waals surface area contributed by atoms with Crippen molar-refractivity contribution in [3.63, 3.8) is 0 Å². The quantitative estimate of drug-likeness (QED) is 0.438. The summed E-state index contributed by atoms with van der Waals surface area (Å²) >= 11 is 0. The van der Waals surface area contributed by atoms with Crippen LogP contribution < -0.4 is 20.1 Å². The fraction of sp³-hybridized carbons (Fsp3) is 0.276. The number of halogens is 1. The molecule has 3 aromatic rings. The van der Waals surface area contributed by atoms with E-state index in [1.54, 1.807) is 19.2 Å². The van der Waals surface area contributed by atoms with E-state index in [1.165, 1.54) is 12.1 Å². The maximum Gasteiger partial charge on any atom is 0.163 e. The Kier molecular flexibility index (Phi) is 6.20. The number of carbonyl (C=O) groups excluding carboxylic acids is 1. The Morgan fingerprint density at radius 3 is 2.34 bits per heavy atom. The number of nitrogens with one attached hydrogen (secondary N) is 2. The molecule has 0 amide bonds. The van der Waals surface area contributed by atoms with Crippen LogP contribution >= 0.6 is 0 Å². The Bertz CT molecular complexity index is 1280. The van der Waals surface area contributed by atoms with Crippen LogP contribution in [0.3, 0.4) is 0 Å². The van der Waals surface area contributed by atoms with Crippen molar-refractivity contribution in [3.05, 3.63) is 94.9 Å². The highest BCUT2D eigenvalue weighted by Crippen LogP contribution is 2.45. The fourth-order valence-corrected chi connectivity index (χ4v) is 4.92. The number of ether oxygens (including phenoxy) is 2. The third kappa shape index (κ3) is 4.61. The maximum absolute atomic E-state index is 13.7. The minimum Gasteiger partial charge on any atom is -0.493 e. The van der Waals surface area contributed by atoms with E-state index in [4.69, 9.17) is 9.47 Å². The number of hydrogen-bond donors (Lipinski definition) is 2. The summed E-state index contributed by atoms with van der Waals surface area (Å²) in [6.45, 7) is 3.95. The number of anilines is 2. The second kappa shape index (κ2) is 9.45. The average molecular weight is 473 g/mol. The Labute approximate surface area is 205 Å². The van der Waals surface area contributed by atoms with Crippen molar-refractivity contribution in [2.24, 2.45) is 0 Å². The van der Waals surface area contributed by atoms with Crippen LogP contribution in [0.5, 0.6) is 11.5 Å². The third-order valence-corrected chi connectivity index (χ3v) is 6.53. The number of allylic oxidation sites excluding steroid dienone is 1. The number of ketones is 1. The van der Waals surface area contributed by atoms with Crippen molar-refractivity contribution in [1.82, 2.24) is 0 Å². The Balaban J connectivity index is 1.54. The van der Waals surface area contributed by atoms with Crippen molar-refractivity contribution in [3.8, 4) is 11.5 Å². The lowest BCUT2D eigenvalue weighted by Gasteiger charge is -2.30. The number of methoxy groups -OCH3 is 1. The van der Waals surface area contributed by atoms with Crippen molar-refractivity contribution >= 4 is 17.2 Å². The molecule has 2 aliphatic rings. The van der Waals surface area contributed by atoms with Crippen LogP contribution in [-0.4, -0.2) is 19.0 Å². The first-order valence-corrected chi connectivity index (χ1v) is 11.9. The third-order valence-electron chi connectivity index (χ3n) is 6.53. The highest BCUT2D eigenvalue weighted by Gasteiger charge is 2.36. The van der Waals surface area contributed by atoms with Crippen LogP contribution in [0.25, 0.3) is 0 Å². The van der Waals surface area contributed by atoms with Gasteiger partial charge in [-0.3, -0.25) is 4.79 Å². The van der Waals surface area contributed by atoms with Gasteiger partial charge in [-0.25, -0.2) is 4.39 Å². The summed E-state index contributed by atoms with van der Waals surface area (Å²) in [5.74, 6) is 1.11. The molecular formula is C29H29FN2O3. The number of benzene rings is 3. The number of fused-ring (bicyclic) bond motifs is 1. The molecule has 1 aliphatic heterocycles. The van der Waals surface area contributed by atoms with Crippen molar-refractivity contribution < 1.29 is 18.7 Å². The molecule has 2 unspecified atom stereocenters. The summed E-state index contributed by atoms with van der Waals surface area (Å²) in [5.41, 5.74) is 5.29. The Morgan fingerprint density at radius 1 is 0.914 bits per heavy atom. The number of Topliss-reactive ketones (excluding diaryl/α,β-unsaturated/α-hetero) is 1. The standard InChI is InChI=1S/C29H29FN2O3/c1-17(2)35-26-13-10-19(16-27(26)34-3)20-14-24-28(25(33)15-20)29(18-8-11-21(30)12-9-18)32-23-7-5-4-6-22(23)31-24/h4-13,16-17,20,29,31-32H,14-15H2,1-3H3. The summed E-state index contributed by atoms with van der Waals surface area (Å²) in [6, 6.07) is 19.8. The van der Waals surface area contributed by atoms with E-state index in [0.29, 0.717) is 29.9 Å². The zero-order chi connectivity index (χ0) is 24.5. The molecule has 5 nitrogen and oxygen atoms in total. The number of rotatable bonds is 5. The zero-order valence-corrected chi connectivity index (χ0v) is 20.1. The number of para-hydroxylation sites is 2. The van der Waals surface area contributed by atoms with Gasteiger partial charge in [0.25, 0.3) is 0 Å². The first kappa shape index (κ1) is 23.0. The van der Waals surface area contributed by atoms with Gasteiger partial charge in [-0.2, -0.15) is 0 Å². The molecule has 1 aliphatic carbocycles. The molecule has 1 heterocycles. The van der Waals surface area contributed by atoms with Gasteiger partial charge in [-0.05, 0) is 73.7 Å². The largest absolute Gasteiger partial charge is 0.493 e. The van der Waals surface area contributed by atoms with Crippen molar-refractivity contribution in [1.29, 1.82) is 0 Å². The summed E-state index contributed by atoms with van der Waals surface area (Å²) in [5, 5.41) is 7.06. The second-order valence-corrected chi connectivity index (χ2v) is 9.30. The van der Waals surface area contributed by atoms with Gasteiger partial charge < -0.3 is 20.1 Å². The average Bonchev–Trinajstić information content (AvgIpc) is 3.01. The molecule has 3 aromatic carbocycles. The van der Waals surface area contributed by atoms with Gasteiger partial charge in [0, 0.05) is 17.7 Å². The fourth-order valence-electron chi connectivity index (χ4n) is 4.92. The molecule has 5 rings (SSSR count). The first-order chi connectivity index (χ1) is 16.9. The van der Waals surface area contributed by atoms with Gasteiger partial charge in [-0.1, -0.05) is 30.3 Å². The lowest BCUT2D eigenvalue weighted by molar-refractivity contribution is -0.116. The van der Waals surface area contributed by atoms with Crippen LogP contribution in [0.15, 0.2) is 78.0 Å². The van der Waals surface area contributed by atoms with Gasteiger partial charge in [-0.15, -0.1) is 0 Å². The molecule has 0 saturated heterocycles. The van der Waals surface area contributed by atoms with E-state index in [0.717, 1.165) is 28.2 Å². The summed E-state index contributed by atoms with van der Waals surface area (Å²) in [6.07, 6.45) is 1.08. The molecule has 35 heavy (non-hydrogen) atoms. The van der Waals surface area contributed by atoms with Crippen LogP contribution in [0.2, 0.25) is 0 Å². The van der Waals surface area contributed by atoms with Gasteiger partial charge in [0.05, 0.1) is 30.6 Å². The topological polar surface area (TPSA) is 59.6 Å². The molecule has 180 valence electrons. The molecule has 2 N–H and O–H groups in total. The molecule has 0 radical (unpaired) electrons. The predicted octanol–water partition coefficient (Wildman–Crippen LogP) is 6.60. The predicted molar refractivity (Wildman–Crippen MR) is 136 cm³/mol. The van der Waals surface area contributed by atoms with Crippen molar-refractivity contribution in [2.75, 3.05) is 17.7 Å². The SMILES string of the molecule is COc1cc(C2CC(=O)C3=C(C2)Nc2ccccc2NC3c2ccc(F)cc2)ccc1OC(C)C. The molecule has 0 aromatic heterocycles. The smallest absolute Gasteiger partial charge is 0.163 e. The number of hydrogen-bond acceptors (Lipinski definition) is 5. The molecular weight excluding hydrogens is 443 g/mol. The van der Waals surface area contributed by atoms with E-state index < -0.39 is 0 Å². The van der Waals surface area contributed by atoms with E-state index in [-0.39, 0.29) is 29.7 Å². The highest BCUT2D eigenvalue weighted by molar-refractivity contribution is 6.01.